The molecule has 2 rings (SSSR count). The van der Waals surface area contributed by atoms with Crippen molar-refractivity contribution in [2.24, 2.45) is 11.8 Å². The van der Waals surface area contributed by atoms with Gasteiger partial charge in [0.25, 0.3) is 5.91 Å². The second kappa shape index (κ2) is 8.14. The zero-order valence-corrected chi connectivity index (χ0v) is 12.8. The van der Waals surface area contributed by atoms with E-state index in [1.54, 1.807) is 12.1 Å². The first-order valence-electron chi connectivity index (χ1n) is 7.40. The maximum Gasteiger partial charge on any atom is 0.261 e. The van der Waals surface area contributed by atoms with Crippen LogP contribution in [0.1, 0.15) is 35.4 Å². The highest BCUT2D eigenvalue weighted by Crippen LogP contribution is 2.28. The van der Waals surface area contributed by atoms with E-state index >= 15 is 0 Å². The van der Waals surface area contributed by atoms with Crippen LogP contribution in [0.25, 0.3) is 0 Å². The highest BCUT2D eigenvalue weighted by atomic mass is 32.1. The van der Waals surface area contributed by atoms with Gasteiger partial charge in [-0.3, -0.25) is 9.59 Å². The number of hydrogen-bond acceptors (Lipinski definition) is 4. The highest BCUT2D eigenvalue weighted by molar-refractivity contribution is 7.12. The Hall–Kier alpha value is -1.40. The van der Waals surface area contributed by atoms with E-state index in [9.17, 15) is 14.7 Å². The number of carbonyl (C=O) groups excluding carboxylic acids is 2. The van der Waals surface area contributed by atoms with Crippen molar-refractivity contribution in [1.82, 2.24) is 10.6 Å². The quantitative estimate of drug-likeness (QED) is 0.743. The van der Waals surface area contributed by atoms with Crippen LogP contribution in [0.5, 0.6) is 0 Å². The van der Waals surface area contributed by atoms with Crippen LogP contribution in [-0.4, -0.2) is 36.6 Å². The molecule has 5 nitrogen and oxygen atoms in total. The zero-order valence-electron chi connectivity index (χ0n) is 12.0. The topological polar surface area (TPSA) is 78.4 Å². The minimum atomic E-state index is -0.217. The average molecular weight is 310 g/mol. The van der Waals surface area contributed by atoms with Crippen LogP contribution in [0.3, 0.4) is 0 Å². The van der Waals surface area contributed by atoms with Crippen molar-refractivity contribution in [3.63, 3.8) is 0 Å². The molecule has 0 spiro atoms. The van der Waals surface area contributed by atoms with E-state index in [1.807, 2.05) is 5.38 Å². The second-order valence-corrected chi connectivity index (χ2v) is 6.40. The highest BCUT2D eigenvalue weighted by Gasteiger charge is 2.24. The Morgan fingerprint density at radius 2 is 2.00 bits per heavy atom. The molecule has 3 N–H and O–H groups in total. The van der Waals surface area contributed by atoms with Crippen LogP contribution in [-0.2, 0) is 4.79 Å². The Balaban J connectivity index is 1.68. The zero-order chi connectivity index (χ0) is 15.1. The number of carbonyl (C=O) groups is 2. The molecule has 2 atom stereocenters. The molecule has 1 aliphatic rings. The van der Waals surface area contributed by atoms with Crippen molar-refractivity contribution in [2.45, 2.75) is 25.7 Å². The van der Waals surface area contributed by atoms with Crippen molar-refractivity contribution in [3.05, 3.63) is 22.4 Å². The summed E-state index contributed by atoms with van der Waals surface area (Å²) in [5.41, 5.74) is 0. The van der Waals surface area contributed by atoms with Crippen molar-refractivity contribution in [1.29, 1.82) is 0 Å². The number of amides is 2. The van der Waals surface area contributed by atoms with Crippen molar-refractivity contribution in [3.8, 4) is 0 Å². The van der Waals surface area contributed by atoms with Crippen molar-refractivity contribution in [2.75, 3.05) is 19.7 Å². The van der Waals surface area contributed by atoms with Crippen molar-refractivity contribution >= 4 is 23.2 Å². The number of thiophene rings is 1. The molecule has 6 heteroatoms. The first-order chi connectivity index (χ1) is 10.2. The molecule has 0 radical (unpaired) electrons. The summed E-state index contributed by atoms with van der Waals surface area (Å²) in [4.78, 5) is 24.1. The van der Waals surface area contributed by atoms with E-state index in [0.717, 1.165) is 25.7 Å². The molecule has 2 amide bonds. The Kier molecular flexibility index (Phi) is 6.20. The Bertz CT molecular complexity index is 461. The number of rotatable bonds is 6. The van der Waals surface area contributed by atoms with Gasteiger partial charge < -0.3 is 15.7 Å². The summed E-state index contributed by atoms with van der Waals surface area (Å²) in [7, 11) is 0. The van der Waals surface area contributed by atoms with Gasteiger partial charge in [-0.05, 0) is 36.1 Å². The van der Waals surface area contributed by atoms with E-state index in [0.29, 0.717) is 23.3 Å². The summed E-state index contributed by atoms with van der Waals surface area (Å²) in [6.45, 7) is 0.766. The standard InChI is InChI=1S/C15H22N2O3S/c18-10-12-5-2-1-4-11(12)8-16-14(19)9-17-15(20)13-6-3-7-21-13/h3,6-7,11-12,18H,1-2,4-5,8-10H2,(H,16,19)(H,17,20). The molecular formula is C15H22N2O3S. The van der Waals surface area contributed by atoms with E-state index in [-0.39, 0.29) is 25.0 Å². The monoisotopic (exact) mass is 310 g/mol. The lowest BCUT2D eigenvalue weighted by molar-refractivity contribution is -0.120. The molecule has 1 aromatic rings. The number of aliphatic hydroxyl groups is 1. The van der Waals surface area contributed by atoms with Crippen LogP contribution in [0.15, 0.2) is 17.5 Å². The molecule has 116 valence electrons. The van der Waals surface area contributed by atoms with Gasteiger partial charge in [-0.2, -0.15) is 0 Å². The molecule has 0 saturated heterocycles. The summed E-state index contributed by atoms with van der Waals surface area (Å²) < 4.78 is 0. The SMILES string of the molecule is O=C(CNC(=O)c1cccs1)NCC1CCCCC1CO. The summed E-state index contributed by atoms with van der Waals surface area (Å²) >= 11 is 1.35. The summed E-state index contributed by atoms with van der Waals surface area (Å²) in [5.74, 6) is 0.244. The van der Waals surface area contributed by atoms with Gasteiger partial charge in [0, 0.05) is 13.2 Å². The molecule has 2 unspecified atom stereocenters. The molecule has 1 aromatic heterocycles. The molecule has 1 fully saturated rings. The number of hydrogen-bond donors (Lipinski definition) is 3. The van der Waals surface area contributed by atoms with Gasteiger partial charge in [-0.25, -0.2) is 0 Å². The summed E-state index contributed by atoms with van der Waals surface area (Å²) in [5, 5.41) is 16.6. The second-order valence-electron chi connectivity index (χ2n) is 5.45. The average Bonchev–Trinajstić information content (AvgIpc) is 3.05. The van der Waals surface area contributed by atoms with Crippen LogP contribution >= 0.6 is 11.3 Å². The first-order valence-corrected chi connectivity index (χ1v) is 8.28. The van der Waals surface area contributed by atoms with Crippen LogP contribution in [0.2, 0.25) is 0 Å². The number of nitrogens with one attached hydrogen (secondary N) is 2. The van der Waals surface area contributed by atoms with Gasteiger partial charge in [0.2, 0.25) is 5.91 Å². The lowest BCUT2D eigenvalue weighted by Gasteiger charge is -2.30. The van der Waals surface area contributed by atoms with Crippen molar-refractivity contribution < 1.29 is 14.7 Å². The van der Waals surface area contributed by atoms with Gasteiger partial charge in [-0.1, -0.05) is 18.9 Å². The maximum atomic E-state index is 11.8. The van der Waals surface area contributed by atoms with Gasteiger partial charge >= 0.3 is 0 Å². The summed E-state index contributed by atoms with van der Waals surface area (Å²) in [6, 6.07) is 3.53. The van der Waals surface area contributed by atoms with Crippen LogP contribution < -0.4 is 10.6 Å². The smallest absolute Gasteiger partial charge is 0.261 e. The molecule has 0 aliphatic heterocycles. The normalized spacial score (nSPS) is 21.8. The molecule has 21 heavy (non-hydrogen) atoms. The molecule has 0 aromatic carbocycles. The molecule has 0 bridgehead atoms. The Labute approximate surface area is 128 Å². The third kappa shape index (κ3) is 4.82. The van der Waals surface area contributed by atoms with Crippen LogP contribution in [0, 0.1) is 11.8 Å². The molecule has 1 heterocycles. The minimum Gasteiger partial charge on any atom is -0.396 e. The van der Waals surface area contributed by atoms with Crippen LogP contribution in [0.4, 0.5) is 0 Å². The molecular weight excluding hydrogens is 288 g/mol. The third-order valence-electron chi connectivity index (χ3n) is 4.02. The van der Waals surface area contributed by atoms with Gasteiger partial charge in [0.05, 0.1) is 11.4 Å². The van der Waals surface area contributed by atoms with Gasteiger partial charge in [0.15, 0.2) is 0 Å². The van der Waals surface area contributed by atoms with Gasteiger partial charge in [0.1, 0.15) is 0 Å². The van der Waals surface area contributed by atoms with E-state index < -0.39 is 0 Å². The third-order valence-corrected chi connectivity index (χ3v) is 4.89. The Morgan fingerprint density at radius 1 is 1.24 bits per heavy atom. The predicted molar refractivity (Wildman–Crippen MR) is 82.2 cm³/mol. The number of aliphatic hydroxyl groups excluding tert-OH is 1. The van der Waals surface area contributed by atoms with E-state index in [2.05, 4.69) is 10.6 Å². The fourth-order valence-corrected chi connectivity index (χ4v) is 3.40. The summed E-state index contributed by atoms with van der Waals surface area (Å²) in [6.07, 6.45) is 4.40. The lowest BCUT2D eigenvalue weighted by Crippen LogP contribution is -2.40. The maximum absolute atomic E-state index is 11.8. The van der Waals surface area contributed by atoms with E-state index in [1.165, 1.54) is 11.3 Å². The van der Waals surface area contributed by atoms with E-state index in [4.69, 9.17) is 0 Å². The fourth-order valence-electron chi connectivity index (χ4n) is 2.76. The molecule has 1 saturated carbocycles. The lowest BCUT2D eigenvalue weighted by atomic mass is 9.79. The molecule has 1 aliphatic carbocycles. The fraction of sp³-hybridized carbons (Fsp3) is 0.600. The Morgan fingerprint density at radius 3 is 2.67 bits per heavy atom. The predicted octanol–water partition coefficient (Wildman–Crippen LogP) is 1.39. The largest absolute Gasteiger partial charge is 0.396 e. The van der Waals surface area contributed by atoms with Gasteiger partial charge in [-0.15, -0.1) is 11.3 Å². The minimum absolute atomic E-state index is 0.00670. The first kappa shape index (κ1) is 16.0.